The van der Waals surface area contributed by atoms with Gasteiger partial charge in [-0.3, -0.25) is 0 Å². The molecule has 1 heterocycles. The highest BCUT2D eigenvalue weighted by molar-refractivity contribution is 5.54. The molecule has 0 amide bonds. The van der Waals surface area contributed by atoms with E-state index in [1.54, 1.807) is 13.1 Å². The van der Waals surface area contributed by atoms with E-state index < -0.39 is 0 Å². The summed E-state index contributed by atoms with van der Waals surface area (Å²) < 4.78 is 0. The predicted molar refractivity (Wildman–Crippen MR) is 58.6 cm³/mol. The molecule has 14 heavy (non-hydrogen) atoms. The molecule has 0 saturated carbocycles. The Hall–Kier alpha value is -1.88. The Morgan fingerprint density at radius 3 is 2.86 bits per heavy atom. The minimum absolute atomic E-state index is 0.705. The minimum atomic E-state index is 0.705. The summed E-state index contributed by atoms with van der Waals surface area (Å²) in [4.78, 5) is 8.23. The van der Waals surface area contributed by atoms with Crippen LogP contribution in [0.3, 0.4) is 0 Å². The number of allylic oxidation sites excluding steroid dienone is 1. The maximum absolute atomic E-state index is 4.14. The first-order chi connectivity index (χ1) is 6.63. The third kappa shape index (κ3) is 2.56. The normalized spacial score (nSPS) is 10.6. The minimum Gasteiger partial charge on any atom is -0.241 e. The van der Waals surface area contributed by atoms with Crippen LogP contribution in [0.25, 0.3) is 12.7 Å². The molecule has 0 radical (unpaired) electrons. The molecule has 70 valence electrons. The van der Waals surface area contributed by atoms with Crippen LogP contribution >= 0.6 is 0 Å². The monoisotopic (exact) mass is 184 g/mol. The molecule has 0 aromatic carbocycles. The fourth-order valence-corrected chi connectivity index (χ4v) is 1.03. The standard InChI is InChI=1S/C12H12N2/c1-5-6-9(2)7-12-8-13-11(4)14-10(12)3/h7-8H,2-3H2,1,4H3/b12-7-. The first kappa shape index (κ1) is 10.2. The lowest BCUT2D eigenvalue weighted by Crippen LogP contribution is -2.28. The average Bonchev–Trinajstić information content (AvgIpc) is 2.10. The number of aryl methyl sites for hydroxylation is 1. The second kappa shape index (κ2) is 4.38. The van der Waals surface area contributed by atoms with Gasteiger partial charge in [-0.25, -0.2) is 9.97 Å². The van der Waals surface area contributed by atoms with Gasteiger partial charge in [-0.05, 0) is 19.9 Å². The van der Waals surface area contributed by atoms with E-state index in [9.17, 15) is 0 Å². The SMILES string of the molecule is C=C(C#CC)/C=c1/cnc(C)nc1=C. The molecule has 0 fully saturated rings. The van der Waals surface area contributed by atoms with Gasteiger partial charge in [0.2, 0.25) is 0 Å². The van der Waals surface area contributed by atoms with E-state index in [2.05, 4.69) is 35.0 Å². The zero-order valence-corrected chi connectivity index (χ0v) is 8.46. The largest absolute Gasteiger partial charge is 0.241 e. The maximum atomic E-state index is 4.14. The van der Waals surface area contributed by atoms with Gasteiger partial charge < -0.3 is 0 Å². The van der Waals surface area contributed by atoms with Crippen LogP contribution < -0.4 is 10.6 Å². The lowest BCUT2D eigenvalue weighted by Gasteiger charge is -1.91. The van der Waals surface area contributed by atoms with Gasteiger partial charge in [0.15, 0.2) is 0 Å². The summed E-state index contributed by atoms with van der Waals surface area (Å²) in [7, 11) is 0. The summed E-state index contributed by atoms with van der Waals surface area (Å²) in [6.07, 6.45) is 3.56. The van der Waals surface area contributed by atoms with Crippen molar-refractivity contribution >= 4 is 12.7 Å². The lowest BCUT2D eigenvalue weighted by atomic mass is 10.2. The van der Waals surface area contributed by atoms with E-state index in [1.807, 2.05) is 13.0 Å². The third-order valence-electron chi connectivity index (χ3n) is 1.64. The fraction of sp³-hybridized carbons (Fsp3) is 0.167. The molecule has 2 heteroatoms. The molecule has 2 nitrogen and oxygen atoms in total. The fourth-order valence-electron chi connectivity index (χ4n) is 1.03. The topological polar surface area (TPSA) is 25.8 Å². The molecular formula is C12H12N2. The molecule has 0 bridgehead atoms. The summed E-state index contributed by atoms with van der Waals surface area (Å²) in [6.45, 7) is 11.2. The highest BCUT2D eigenvalue weighted by atomic mass is 14.8. The van der Waals surface area contributed by atoms with Gasteiger partial charge in [-0.1, -0.05) is 19.1 Å². The highest BCUT2D eigenvalue weighted by Gasteiger charge is 1.88. The zero-order chi connectivity index (χ0) is 10.6. The van der Waals surface area contributed by atoms with Crippen molar-refractivity contribution in [2.75, 3.05) is 0 Å². The number of rotatable bonds is 1. The van der Waals surface area contributed by atoms with Crippen LogP contribution in [0, 0.1) is 18.8 Å². The quantitative estimate of drug-likeness (QED) is 0.596. The number of hydrogen-bond acceptors (Lipinski definition) is 2. The molecule has 0 saturated heterocycles. The second-order valence-electron chi connectivity index (χ2n) is 2.86. The Balaban J connectivity index is 3.25. The van der Waals surface area contributed by atoms with Gasteiger partial charge in [0.25, 0.3) is 0 Å². The van der Waals surface area contributed by atoms with Crippen molar-refractivity contribution in [1.29, 1.82) is 0 Å². The molecule has 0 aliphatic carbocycles. The molecule has 0 N–H and O–H groups in total. The van der Waals surface area contributed by atoms with Gasteiger partial charge in [-0.2, -0.15) is 0 Å². The highest BCUT2D eigenvalue weighted by Crippen LogP contribution is 1.86. The van der Waals surface area contributed by atoms with Crippen molar-refractivity contribution in [3.8, 4) is 11.8 Å². The molecule has 0 spiro atoms. The van der Waals surface area contributed by atoms with E-state index >= 15 is 0 Å². The van der Waals surface area contributed by atoms with Crippen molar-refractivity contribution in [3.63, 3.8) is 0 Å². The molecule has 1 aromatic heterocycles. The Kier molecular flexibility index (Phi) is 3.19. The summed E-state index contributed by atoms with van der Waals surface area (Å²) in [5, 5.41) is 1.57. The summed E-state index contributed by atoms with van der Waals surface area (Å²) >= 11 is 0. The summed E-state index contributed by atoms with van der Waals surface area (Å²) in [5.74, 6) is 6.35. The molecule has 0 atom stereocenters. The second-order valence-corrected chi connectivity index (χ2v) is 2.86. The Bertz CT molecular complexity index is 515. The lowest BCUT2D eigenvalue weighted by molar-refractivity contribution is 1.01. The summed E-state index contributed by atoms with van der Waals surface area (Å²) in [6, 6.07) is 0. The molecule has 1 aromatic rings. The van der Waals surface area contributed by atoms with E-state index in [1.165, 1.54) is 0 Å². The Morgan fingerprint density at radius 2 is 2.29 bits per heavy atom. The maximum Gasteiger partial charge on any atom is 0.125 e. The van der Waals surface area contributed by atoms with E-state index in [0.29, 0.717) is 5.35 Å². The van der Waals surface area contributed by atoms with Crippen LogP contribution in [0.4, 0.5) is 0 Å². The third-order valence-corrected chi connectivity index (χ3v) is 1.64. The molecule has 1 rings (SSSR count). The number of hydrogen-bond donors (Lipinski definition) is 0. The van der Waals surface area contributed by atoms with Crippen molar-refractivity contribution in [3.05, 3.63) is 34.7 Å². The van der Waals surface area contributed by atoms with Crippen LogP contribution in [-0.4, -0.2) is 9.97 Å². The van der Waals surface area contributed by atoms with E-state index in [-0.39, 0.29) is 0 Å². The van der Waals surface area contributed by atoms with Crippen LogP contribution in [0.1, 0.15) is 12.7 Å². The van der Waals surface area contributed by atoms with Crippen molar-refractivity contribution in [2.45, 2.75) is 13.8 Å². The average molecular weight is 184 g/mol. The van der Waals surface area contributed by atoms with Crippen LogP contribution in [-0.2, 0) is 0 Å². The van der Waals surface area contributed by atoms with E-state index in [4.69, 9.17) is 0 Å². The van der Waals surface area contributed by atoms with Crippen LogP contribution in [0.5, 0.6) is 0 Å². The Labute approximate surface area is 83.7 Å². The van der Waals surface area contributed by atoms with Gasteiger partial charge in [0, 0.05) is 17.0 Å². The number of aromatic nitrogens is 2. The number of nitrogens with zero attached hydrogens (tertiary/aromatic N) is 2. The smallest absolute Gasteiger partial charge is 0.125 e. The van der Waals surface area contributed by atoms with Gasteiger partial charge in [-0.15, -0.1) is 5.92 Å². The Morgan fingerprint density at radius 1 is 1.57 bits per heavy atom. The molecule has 0 aliphatic rings. The van der Waals surface area contributed by atoms with Gasteiger partial charge in [0.1, 0.15) is 5.82 Å². The van der Waals surface area contributed by atoms with Crippen molar-refractivity contribution in [1.82, 2.24) is 9.97 Å². The van der Waals surface area contributed by atoms with Gasteiger partial charge in [0.05, 0.1) is 5.35 Å². The first-order valence-electron chi connectivity index (χ1n) is 4.25. The van der Waals surface area contributed by atoms with Gasteiger partial charge >= 0.3 is 0 Å². The summed E-state index contributed by atoms with van der Waals surface area (Å²) in [5.41, 5.74) is 0.741. The molecule has 0 unspecified atom stereocenters. The van der Waals surface area contributed by atoms with Crippen molar-refractivity contribution < 1.29 is 0 Å². The van der Waals surface area contributed by atoms with Crippen LogP contribution in [0.15, 0.2) is 18.3 Å². The molecular weight excluding hydrogens is 172 g/mol. The van der Waals surface area contributed by atoms with Crippen LogP contribution in [0.2, 0.25) is 0 Å². The molecule has 0 aliphatic heterocycles. The van der Waals surface area contributed by atoms with Crippen molar-refractivity contribution in [2.24, 2.45) is 0 Å². The first-order valence-corrected chi connectivity index (χ1v) is 4.25. The zero-order valence-electron chi connectivity index (χ0n) is 8.46. The predicted octanol–water partition coefficient (Wildman–Crippen LogP) is 0.555. The van der Waals surface area contributed by atoms with E-state index in [0.717, 1.165) is 16.6 Å².